The monoisotopic (exact) mass is 303 g/mol. The van der Waals surface area contributed by atoms with Gasteiger partial charge in [-0.2, -0.15) is 0 Å². The Morgan fingerprint density at radius 1 is 1.23 bits per heavy atom. The first kappa shape index (κ1) is 15.2. The van der Waals surface area contributed by atoms with E-state index in [0.717, 1.165) is 36.2 Å². The first-order valence-electron chi connectivity index (χ1n) is 8.22. The standard InChI is InChI=1S/C18H25NO3/c1-13-6-7-16(17(10-13)21-2)22-9-8-18(20)19-11-14-4-3-5-15(14)12-19/h6-7,10,14-15H,3-5,8-9,11-12H2,1-2H3/t14-,15+. The number of rotatable bonds is 5. The Hall–Kier alpha value is -1.71. The number of carbonyl (C=O) groups excluding carboxylic acids is 1. The molecule has 4 nitrogen and oxygen atoms in total. The SMILES string of the molecule is COc1cc(C)ccc1OCCC(=O)N1C[C@H]2CCC[C@H]2C1. The lowest BCUT2D eigenvalue weighted by atomic mass is 10.0. The molecule has 3 rings (SSSR count). The van der Waals surface area contributed by atoms with E-state index < -0.39 is 0 Å². The van der Waals surface area contributed by atoms with Gasteiger partial charge in [0.15, 0.2) is 11.5 Å². The van der Waals surface area contributed by atoms with Crippen LogP contribution in [0.4, 0.5) is 0 Å². The molecule has 120 valence electrons. The lowest BCUT2D eigenvalue weighted by Crippen LogP contribution is -2.30. The van der Waals surface area contributed by atoms with Crippen molar-refractivity contribution in [3.8, 4) is 11.5 Å². The predicted octanol–water partition coefficient (Wildman–Crippen LogP) is 3.03. The summed E-state index contributed by atoms with van der Waals surface area (Å²) in [6.07, 6.45) is 4.38. The van der Waals surface area contributed by atoms with E-state index in [1.807, 2.05) is 30.0 Å². The van der Waals surface area contributed by atoms with Gasteiger partial charge < -0.3 is 14.4 Å². The summed E-state index contributed by atoms with van der Waals surface area (Å²) < 4.78 is 11.0. The van der Waals surface area contributed by atoms with Crippen LogP contribution in [0.25, 0.3) is 0 Å². The second-order valence-electron chi connectivity index (χ2n) is 6.50. The molecular weight excluding hydrogens is 278 g/mol. The van der Waals surface area contributed by atoms with Crippen LogP contribution in [-0.4, -0.2) is 37.6 Å². The van der Waals surface area contributed by atoms with Crippen LogP contribution in [0.3, 0.4) is 0 Å². The van der Waals surface area contributed by atoms with Gasteiger partial charge in [-0.15, -0.1) is 0 Å². The van der Waals surface area contributed by atoms with E-state index in [2.05, 4.69) is 0 Å². The van der Waals surface area contributed by atoms with Crippen LogP contribution in [0.1, 0.15) is 31.2 Å². The molecule has 1 aromatic carbocycles. The molecule has 1 aromatic rings. The summed E-state index contributed by atoms with van der Waals surface area (Å²) in [5.74, 6) is 3.16. The van der Waals surface area contributed by atoms with Crippen molar-refractivity contribution in [1.82, 2.24) is 4.90 Å². The summed E-state index contributed by atoms with van der Waals surface area (Å²) in [6.45, 7) is 4.33. The smallest absolute Gasteiger partial charge is 0.226 e. The van der Waals surface area contributed by atoms with E-state index in [9.17, 15) is 4.79 Å². The molecule has 2 aliphatic rings. The van der Waals surface area contributed by atoms with E-state index >= 15 is 0 Å². The molecule has 1 aliphatic heterocycles. The number of fused-ring (bicyclic) bond motifs is 1. The average Bonchev–Trinajstić information content (AvgIpc) is 3.09. The number of hydrogen-bond acceptors (Lipinski definition) is 3. The third-order valence-corrected chi connectivity index (χ3v) is 4.97. The fraction of sp³-hybridized carbons (Fsp3) is 0.611. The van der Waals surface area contributed by atoms with Gasteiger partial charge in [-0.1, -0.05) is 12.5 Å². The number of likely N-dealkylation sites (tertiary alicyclic amines) is 1. The topological polar surface area (TPSA) is 38.8 Å². The van der Waals surface area contributed by atoms with Crippen molar-refractivity contribution in [3.05, 3.63) is 23.8 Å². The summed E-state index contributed by atoms with van der Waals surface area (Å²) in [5, 5.41) is 0. The Labute approximate surface area is 132 Å². The Balaban J connectivity index is 1.48. The number of amides is 1. The van der Waals surface area contributed by atoms with E-state index in [1.54, 1.807) is 7.11 Å². The largest absolute Gasteiger partial charge is 0.493 e. The van der Waals surface area contributed by atoms with E-state index in [1.165, 1.54) is 19.3 Å². The van der Waals surface area contributed by atoms with Gasteiger partial charge in [-0.3, -0.25) is 4.79 Å². The zero-order chi connectivity index (χ0) is 15.5. The molecule has 0 unspecified atom stereocenters. The maximum Gasteiger partial charge on any atom is 0.226 e. The molecule has 0 radical (unpaired) electrons. The molecule has 1 saturated carbocycles. The zero-order valence-electron chi connectivity index (χ0n) is 13.5. The average molecular weight is 303 g/mol. The van der Waals surface area contributed by atoms with Gasteiger partial charge in [-0.05, 0) is 49.3 Å². The van der Waals surface area contributed by atoms with Gasteiger partial charge in [0.1, 0.15) is 0 Å². The Kier molecular flexibility index (Phi) is 4.55. The normalized spacial score (nSPS) is 23.5. The van der Waals surface area contributed by atoms with Gasteiger partial charge >= 0.3 is 0 Å². The molecule has 2 atom stereocenters. The molecule has 22 heavy (non-hydrogen) atoms. The molecule has 1 aliphatic carbocycles. The highest BCUT2D eigenvalue weighted by Crippen LogP contribution is 2.37. The second-order valence-corrected chi connectivity index (χ2v) is 6.50. The highest BCUT2D eigenvalue weighted by atomic mass is 16.5. The maximum atomic E-state index is 12.3. The number of hydrogen-bond donors (Lipinski definition) is 0. The van der Waals surface area contributed by atoms with Crippen molar-refractivity contribution < 1.29 is 14.3 Å². The van der Waals surface area contributed by atoms with Gasteiger partial charge in [0, 0.05) is 13.1 Å². The van der Waals surface area contributed by atoms with Crippen LogP contribution in [0, 0.1) is 18.8 Å². The van der Waals surface area contributed by atoms with Crippen LogP contribution in [0.5, 0.6) is 11.5 Å². The molecule has 0 bridgehead atoms. The van der Waals surface area contributed by atoms with Gasteiger partial charge in [0.2, 0.25) is 5.91 Å². The summed E-state index contributed by atoms with van der Waals surface area (Å²) in [6, 6.07) is 5.83. The third kappa shape index (κ3) is 3.21. The van der Waals surface area contributed by atoms with Crippen LogP contribution >= 0.6 is 0 Å². The summed E-state index contributed by atoms with van der Waals surface area (Å²) in [7, 11) is 1.63. The minimum absolute atomic E-state index is 0.223. The minimum Gasteiger partial charge on any atom is -0.493 e. The van der Waals surface area contributed by atoms with Crippen molar-refractivity contribution in [1.29, 1.82) is 0 Å². The fourth-order valence-electron chi connectivity index (χ4n) is 3.74. The van der Waals surface area contributed by atoms with Gasteiger partial charge in [0.05, 0.1) is 20.1 Å². The molecule has 0 aromatic heterocycles. The lowest BCUT2D eigenvalue weighted by Gasteiger charge is -2.18. The van der Waals surface area contributed by atoms with Crippen LogP contribution in [0.15, 0.2) is 18.2 Å². The third-order valence-electron chi connectivity index (χ3n) is 4.97. The van der Waals surface area contributed by atoms with Crippen molar-refractivity contribution in [3.63, 3.8) is 0 Å². The van der Waals surface area contributed by atoms with Gasteiger partial charge in [-0.25, -0.2) is 0 Å². The number of benzene rings is 1. The van der Waals surface area contributed by atoms with Crippen LogP contribution in [0.2, 0.25) is 0 Å². The first-order chi connectivity index (χ1) is 10.7. The molecule has 1 heterocycles. The summed E-state index contributed by atoms with van der Waals surface area (Å²) >= 11 is 0. The van der Waals surface area contributed by atoms with Crippen molar-refractivity contribution in [2.75, 3.05) is 26.8 Å². The molecule has 0 N–H and O–H groups in total. The van der Waals surface area contributed by atoms with Gasteiger partial charge in [0.25, 0.3) is 0 Å². The molecule has 4 heteroatoms. The number of nitrogens with zero attached hydrogens (tertiary/aromatic N) is 1. The molecule has 1 amide bonds. The highest BCUT2D eigenvalue weighted by molar-refractivity contribution is 5.76. The molecular formula is C18H25NO3. The summed E-state index contributed by atoms with van der Waals surface area (Å²) in [5.41, 5.74) is 1.13. The highest BCUT2D eigenvalue weighted by Gasteiger charge is 2.37. The molecule has 1 saturated heterocycles. The van der Waals surface area contributed by atoms with Crippen molar-refractivity contribution in [2.24, 2.45) is 11.8 Å². The van der Waals surface area contributed by atoms with E-state index in [0.29, 0.717) is 18.8 Å². The van der Waals surface area contributed by atoms with Crippen LogP contribution in [-0.2, 0) is 4.79 Å². The quantitative estimate of drug-likeness (QED) is 0.839. The van der Waals surface area contributed by atoms with E-state index in [-0.39, 0.29) is 5.91 Å². The zero-order valence-corrected chi connectivity index (χ0v) is 13.5. The van der Waals surface area contributed by atoms with Crippen molar-refractivity contribution in [2.45, 2.75) is 32.6 Å². The molecule has 0 spiro atoms. The fourth-order valence-corrected chi connectivity index (χ4v) is 3.74. The Morgan fingerprint density at radius 3 is 2.64 bits per heavy atom. The maximum absolute atomic E-state index is 12.3. The van der Waals surface area contributed by atoms with E-state index in [4.69, 9.17) is 9.47 Å². The van der Waals surface area contributed by atoms with Crippen LogP contribution < -0.4 is 9.47 Å². The Bertz CT molecular complexity index is 531. The number of carbonyl (C=O) groups is 1. The second kappa shape index (κ2) is 6.59. The minimum atomic E-state index is 0.223. The first-order valence-corrected chi connectivity index (χ1v) is 8.22. The van der Waals surface area contributed by atoms with Crippen molar-refractivity contribution >= 4 is 5.91 Å². The molecule has 2 fully saturated rings. The predicted molar refractivity (Wildman–Crippen MR) is 85.3 cm³/mol. The summed E-state index contributed by atoms with van der Waals surface area (Å²) in [4.78, 5) is 14.3. The number of aryl methyl sites for hydroxylation is 1. The lowest BCUT2D eigenvalue weighted by molar-refractivity contribution is -0.131. The Morgan fingerprint density at radius 2 is 1.95 bits per heavy atom. The number of ether oxygens (including phenoxy) is 2. The number of methoxy groups -OCH3 is 1.